The molecule has 0 amide bonds. The van der Waals surface area contributed by atoms with E-state index in [-0.39, 0.29) is 21.7 Å². The van der Waals surface area contributed by atoms with E-state index in [1.807, 2.05) is 39.8 Å². The molecule has 1 saturated carbocycles. The van der Waals surface area contributed by atoms with E-state index < -0.39 is 12.1 Å². The minimum atomic E-state index is -0.968. The lowest BCUT2D eigenvalue weighted by atomic mass is 10.0. The third-order valence-corrected chi connectivity index (χ3v) is 5.14. The number of aryl methyl sites for hydroxylation is 2. The van der Waals surface area contributed by atoms with Gasteiger partial charge in [0.15, 0.2) is 0 Å². The zero-order valence-corrected chi connectivity index (χ0v) is 16.4. The van der Waals surface area contributed by atoms with Crippen LogP contribution in [0.1, 0.15) is 36.6 Å². The molecule has 0 aromatic heterocycles. The van der Waals surface area contributed by atoms with Crippen molar-refractivity contribution in [1.82, 2.24) is 0 Å². The number of rotatable bonds is 5. The smallest absolute Gasteiger partial charge is 0.311 e. The Bertz CT molecular complexity index is 761. The second-order valence-corrected chi connectivity index (χ2v) is 7.91. The lowest BCUT2D eigenvalue weighted by Gasteiger charge is -2.16. The number of carbonyl (C=O) groups excluding carboxylic acids is 1. The molecule has 1 aliphatic carbocycles. The summed E-state index contributed by atoms with van der Waals surface area (Å²) in [6.07, 6.45) is 0.684. The van der Waals surface area contributed by atoms with Gasteiger partial charge in [0.05, 0.1) is 13.0 Å². The second kappa shape index (κ2) is 7.27. The number of benzene rings is 1. The molecule has 1 fully saturated rings. The van der Waals surface area contributed by atoms with Gasteiger partial charge < -0.3 is 9.47 Å². The summed E-state index contributed by atoms with van der Waals surface area (Å²) >= 11 is 11.4. The maximum Gasteiger partial charge on any atom is 0.311 e. The van der Waals surface area contributed by atoms with Gasteiger partial charge in [-0.05, 0) is 54.5 Å². The largest absolute Gasteiger partial charge is 0.496 e. The van der Waals surface area contributed by atoms with Crippen LogP contribution in [0.2, 0.25) is 0 Å². The first-order valence-electron chi connectivity index (χ1n) is 7.91. The molecule has 0 N–H and O–H groups in total. The van der Waals surface area contributed by atoms with E-state index in [1.54, 1.807) is 13.2 Å². The summed E-state index contributed by atoms with van der Waals surface area (Å²) in [7, 11) is 1.59. The quantitative estimate of drug-likeness (QED) is 0.672. The summed E-state index contributed by atoms with van der Waals surface area (Å²) in [6.45, 7) is 7.63. The molecule has 4 nitrogen and oxygen atoms in total. The van der Waals surface area contributed by atoms with Gasteiger partial charge in [-0.25, -0.2) is 0 Å². The second-order valence-electron chi connectivity index (χ2n) is 6.91. The fourth-order valence-corrected chi connectivity index (χ4v) is 3.51. The van der Waals surface area contributed by atoms with Crippen LogP contribution in [0.4, 0.5) is 0 Å². The molecular formula is C19H21Cl2NO3. The minimum absolute atomic E-state index is 0.0944. The highest BCUT2D eigenvalue weighted by atomic mass is 35.5. The lowest BCUT2D eigenvalue weighted by molar-refractivity contribution is -0.149. The van der Waals surface area contributed by atoms with Crippen molar-refractivity contribution in [3.63, 3.8) is 0 Å². The molecular weight excluding hydrogens is 361 g/mol. The molecule has 0 radical (unpaired) electrons. The van der Waals surface area contributed by atoms with Crippen molar-refractivity contribution >= 4 is 29.2 Å². The number of allylic oxidation sites excluding steroid dienone is 1. The summed E-state index contributed by atoms with van der Waals surface area (Å²) in [4.78, 5) is 12.6. The van der Waals surface area contributed by atoms with E-state index in [4.69, 9.17) is 32.7 Å². The van der Waals surface area contributed by atoms with Crippen LogP contribution in [-0.2, 0) is 9.53 Å². The first kappa shape index (κ1) is 19.6. The van der Waals surface area contributed by atoms with Crippen LogP contribution in [0.5, 0.6) is 5.75 Å². The average molecular weight is 382 g/mol. The Balaban J connectivity index is 2.22. The van der Waals surface area contributed by atoms with E-state index in [1.165, 1.54) is 0 Å². The highest BCUT2D eigenvalue weighted by Crippen LogP contribution is 2.60. The van der Waals surface area contributed by atoms with Gasteiger partial charge in [0.2, 0.25) is 6.10 Å². The molecule has 25 heavy (non-hydrogen) atoms. The monoisotopic (exact) mass is 381 g/mol. The molecule has 1 aromatic carbocycles. The van der Waals surface area contributed by atoms with E-state index in [2.05, 4.69) is 6.07 Å². The molecule has 1 aromatic rings. The number of carbonyl (C=O) groups is 1. The first-order valence-corrected chi connectivity index (χ1v) is 8.67. The van der Waals surface area contributed by atoms with Crippen LogP contribution in [-0.4, -0.2) is 13.1 Å². The van der Waals surface area contributed by atoms with Gasteiger partial charge in [0, 0.05) is 5.56 Å². The predicted molar refractivity (Wildman–Crippen MR) is 97.5 cm³/mol. The molecule has 0 bridgehead atoms. The van der Waals surface area contributed by atoms with Crippen LogP contribution >= 0.6 is 23.2 Å². The fourth-order valence-electron chi connectivity index (χ4n) is 3.24. The third-order valence-electron chi connectivity index (χ3n) is 4.89. The van der Waals surface area contributed by atoms with Crippen molar-refractivity contribution in [2.45, 2.75) is 33.8 Å². The number of halogens is 2. The van der Waals surface area contributed by atoms with Crippen LogP contribution in [0, 0.1) is 42.4 Å². The Labute approximate surface area is 158 Å². The molecule has 1 aliphatic rings. The lowest BCUT2D eigenvalue weighted by Crippen LogP contribution is -2.15. The summed E-state index contributed by atoms with van der Waals surface area (Å²) in [5.41, 5.74) is 2.07. The average Bonchev–Trinajstić information content (AvgIpc) is 3.06. The molecule has 0 saturated heterocycles. The number of methoxy groups -OCH3 is 1. The molecule has 6 heteroatoms. The SMILES string of the molecule is COc1cc(C)c(C(C#N)OC(=O)C2C(C=C(Cl)Cl)C2(C)C)cc1C. The van der Waals surface area contributed by atoms with E-state index in [0.717, 1.165) is 16.9 Å². The van der Waals surface area contributed by atoms with Gasteiger partial charge in [0.25, 0.3) is 0 Å². The van der Waals surface area contributed by atoms with Crippen molar-refractivity contribution < 1.29 is 14.3 Å². The highest BCUT2D eigenvalue weighted by Gasteiger charge is 2.62. The Morgan fingerprint density at radius 3 is 2.48 bits per heavy atom. The molecule has 0 heterocycles. The normalized spacial score (nSPS) is 21.7. The Hall–Kier alpha value is -1.70. The van der Waals surface area contributed by atoms with Gasteiger partial charge in [0.1, 0.15) is 16.3 Å². The van der Waals surface area contributed by atoms with Gasteiger partial charge in [-0.2, -0.15) is 5.26 Å². The van der Waals surface area contributed by atoms with Crippen LogP contribution < -0.4 is 4.74 Å². The number of nitriles is 1. The summed E-state index contributed by atoms with van der Waals surface area (Å²) in [5.74, 6) is -0.145. The van der Waals surface area contributed by atoms with Gasteiger partial charge >= 0.3 is 5.97 Å². The summed E-state index contributed by atoms with van der Waals surface area (Å²) in [5, 5.41) is 9.50. The number of ether oxygens (including phenoxy) is 2. The van der Waals surface area contributed by atoms with E-state index in [0.29, 0.717) is 5.56 Å². The minimum Gasteiger partial charge on any atom is -0.496 e. The van der Waals surface area contributed by atoms with Crippen molar-refractivity contribution in [2.24, 2.45) is 17.3 Å². The van der Waals surface area contributed by atoms with Gasteiger partial charge in [-0.1, -0.05) is 37.0 Å². The molecule has 134 valence electrons. The van der Waals surface area contributed by atoms with Crippen molar-refractivity contribution in [2.75, 3.05) is 7.11 Å². The molecule has 0 aliphatic heterocycles. The van der Waals surface area contributed by atoms with Crippen molar-refractivity contribution in [3.8, 4) is 11.8 Å². The third kappa shape index (κ3) is 3.94. The predicted octanol–water partition coefficient (Wildman–Crippen LogP) is 5.01. The fraction of sp³-hybridized carbons (Fsp3) is 0.474. The maximum absolute atomic E-state index is 12.6. The highest BCUT2D eigenvalue weighted by molar-refractivity contribution is 6.55. The maximum atomic E-state index is 12.6. The van der Waals surface area contributed by atoms with E-state index in [9.17, 15) is 10.1 Å². The van der Waals surface area contributed by atoms with Gasteiger partial charge in [-0.15, -0.1) is 0 Å². The zero-order chi connectivity index (χ0) is 18.9. The molecule has 2 rings (SSSR count). The Kier molecular flexibility index (Phi) is 5.71. The zero-order valence-electron chi connectivity index (χ0n) is 14.9. The van der Waals surface area contributed by atoms with Crippen LogP contribution in [0.3, 0.4) is 0 Å². The first-order chi connectivity index (χ1) is 11.6. The molecule has 0 spiro atoms. The number of hydrogen-bond acceptors (Lipinski definition) is 4. The summed E-state index contributed by atoms with van der Waals surface area (Å²) < 4.78 is 10.9. The summed E-state index contributed by atoms with van der Waals surface area (Å²) in [6, 6.07) is 5.72. The van der Waals surface area contributed by atoms with Gasteiger partial charge in [-0.3, -0.25) is 4.79 Å². The van der Waals surface area contributed by atoms with Crippen molar-refractivity contribution in [3.05, 3.63) is 39.4 Å². The topological polar surface area (TPSA) is 59.3 Å². The molecule has 3 unspecified atom stereocenters. The number of esters is 1. The molecule has 3 atom stereocenters. The standard InChI is InChI=1S/C19H21Cl2NO3/c1-10-7-14(24-5)11(2)6-12(10)15(9-22)25-18(23)17-13(8-16(20)21)19(17,3)4/h6-8,13,15,17H,1-5H3. The van der Waals surface area contributed by atoms with Crippen LogP contribution in [0.25, 0.3) is 0 Å². The number of nitrogens with zero attached hydrogens (tertiary/aromatic N) is 1. The van der Waals surface area contributed by atoms with Crippen LogP contribution in [0.15, 0.2) is 22.7 Å². The van der Waals surface area contributed by atoms with E-state index >= 15 is 0 Å². The Morgan fingerprint density at radius 1 is 1.32 bits per heavy atom. The Morgan fingerprint density at radius 2 is 1.96 bits per heavy atom. The number of hydrogen-bond donors (Lipinski definition) is 0. The van der Waals surface area contributed by atoms with Crippen molar-refractivity contribution in [1.29, 1.82) is 5.26 Å².